The number of Topliss-reactive ketones (excluding diaryl/α,β-unsaturated/α-hetero) is 1. The maximum atomic E-state index is 13.0. The molecule has 1 fully saturated rings. The van der Waals surface area contributed by atoms with Crippen molar-refractivity contribution in [2.75, 3.05) is 6.61 Å². The average molecular weight is 450 g/mol. The molecule has 1 aliphatic heterocycles. The first-order valence-corrected chi connectivity index (χ1v) is 9.93. The zero-order valence-corrected chi connectivity index (χ0v) is 17.1. The number of H-pyrrole nitrogens is 1. The highest BCUT2D eigenvalue weighted by atomic mass is 16.6. The van der Waals surface area contributed by atoms with Gasteiger partial charge in [0, 0.05) is 12.3 Å². The summed E-state index contributed by atoms with van der Waals surface area (Å²) in [5.74, 6) is -2.19. The zero-order valence-electron chi connectivity index (χ0n) is 17.1. The monoisotopic (exact) mass is 450 g/mol. The summed E-state index contributed by atoms with van der Waals surface area (Å²) in [6.45, 7) is -0.416. The van der Waals surface area contributed by atoms with Crippen LogP contribution in [0.4, 0.5) is 0 Å². The number of ether oxygens (including phenoxy) is 3. The summed E-state index contributed by atoms with van der Waals surface area (Å²) >= 11 is 0. The Labute approximate surface area is 186 Å². The molecule has 4 rings (SSSR count). The molecule has 2 aromatic carbocycles. The lowest BCUT2D eigenvalue weighted by atomic mass is 10.1. The van der Waals surface area contributed by atoms with Gasteiger partial charge >= 0.3 is 17.6 Å². The van der Waals surface area contributed by atoms with Crippen molar-refractivity contribution in [1.29, 1.82) is 0 Å². The molecule has 0 aliphatic carbocycles. The highest BCUT2D eigenvalue weighted by Crippen LogP contribution is 2.28. The Morgan fingerprint density at radius 3 is 2.09 bits per heavy atom. The molecule has 10 nitrogen and oxygen atoms in total. The molecule has 3 atom stereocenters. The number of benzene rings is 2. The van der Waals surface area contributed by atoms with Crippen molar-refractivity contribution in [3.8, 4) is 0 Å². The maximum Gasteiger partial charge on any atom is 0.338 e. The van der Waals surface area contributed by atoms with Gasteiger partial charge in [-0.25, -0.2) is 14.4 Å². The number of rotatable bonds is 6. The summed E-state index contributed by atoms with van der Waals surface area (Å²) in [6, 6.07) is 17.2. The fourth-order valence-electron chi connectivity index (χ4n) is 3.28. The molecule has 0 bridgehead atoms. The Balaban J connectivity index is 1.57. The van der Waals surface area contributed by atoms with E-state index in [0.717, 1.165) is 16.8 Å². The van der Waals surface area contributed by atoms with Gasteiger partial charge in [-0.15, -0.1) is 0 Å². The van der Waals surface area contributed by atoms with Gasteiger partial charge in [0.05, 0.1) is 11.1 Å². The van der Waals surface area contributed by atoms with E-state index in [4.69, 9.17) is 14.2 Å². The van der Waals surface area contributed by atoms with E-state index in [1.54, 1.807) is 48.5 Å². The van der Waals surface area contributed by atoms with Crippen LogP contribution in [0, 0.1) is 0 Å². The van der Waals surface area contributed by atoms with Gasteiger partial charge in [-0.2, -0.15) is 0 Å². The number of nitrogens with zero attached hydrogens (tertiary/aromatic N) is 1. The van der Waals surface area contributed by atoms with E-state index >= 15 is 0 Å². The topological polar surface area (TPSA) is 134 Å². The Morgan fingerprint density at radius 1 is 0.879 bits per heavy atom. The van der Waals surface area contributed by atoms with Crippen LogP contribution in [-0.2, 0) is 19.0 Å². The van der Waals surface area contributed by atoms with Gasteiger partial charge in [-0.1, -0.05) is 36.4 Å². The first-order chi connectivity index (χ1) is 15.9. The molecule has 1 saturated heterocycles. The summed E-state index contributed by atoms with van der Waals surface area (Å²) in [7, 11) is 0. The molecule has 2 heterocycles. The van der Waals surface area contributed by atoms with Gasteiger partial charge in [0.2, 0.25) is 12.0 Å². The third kappa shape index (κ3) is 4.80. The number of aromatic nitrogens is 2. The van der Waals surface area contributed by atoms with E-state index in [2.05, 4.69) is 0 Å². The molecule has 10 heteroatoms. The van der Waals surface area contributed by atoms with Crippen molar-refractivity contribution >= 4 is 17.7 Å². The minimum Gasteiger partial charge on any atom is -0.459 e. The second-order valence-corrected chi connectivity index (χ2v) is 7.10. The van der Waals surface area contributed by atoms with E-state index in [1.165, 1.54) is 12.1 Å². The molecule has 0 spiro atoms. The summed E-state index contributed by atoms with van der Waals surface area (Å²) < 4.78 is 17.2. The number of aromatic amines is 1. The van der Waals surface area contributed by atoms with Crippen molar-refractivity contribution in [2.45, 2.75) is 18.4 Å². The quantitative estimate of drug-likeness (QED) is 0.552. The number of hydrogen-bond donors (Lipinski definition) is 1. The van der Waals surface area contributed by atoms with E-state index < -0.39 is 54.0 Å². The molecule has 33 heavy (non-hydrogen) atoms. The fourth-order valence-corrected chi connectivity index (χ4v) is 3.28. The lowest BCUT2D eigenvalue weighted by Crippen LogP contribution is -2.37. The van der Waals surface area contributed by atoms with Crippen molar-refractivity contribution in [3.63, 3.8) is 0 Å². The Kier molecular flexibility index (Phi) is 6.27. The largest absolute Gasteiger partial charge is 0.459 e. The van der Waals surface area contributed by atoms with E-state index in [9.17, 15) is 24.0 Å². The Bertz CT molecular complexity index is 1280. The summed E-state index contributed by atoms with van der Waals surface area (Å²) in [5.41, 5.74) is -1.04. The van der Waals surface area contributed by atoms with Crippen LogP contribution in [0.25, 0.3) is 0 Å². The van der Waals surface area contributed by atoms with Crippen LogP contribution < -0.4 is 11.2 Å². The molecule has 0 radical (unpaired) electrons. The maximum absolute atomic E-state index is 13.0. The van der Waals surface area contributed by atoms with Crippen molar-refractivity contribution in [2.24, 2.45) is 0 Å². The second kappa shape index (κ2) is 9.45. The first kappa shape index (κ1) is 21.9. The van der Waals surface area contributed by atoms with Gasteiger partial charge in [0.15, 0.2) is 6.10 Å². The minimum atomic E-state index is -1.48. The van der Waals surface area contributed by atoms with Gasteiger partial charge < -0.3 is 14.2 Å². The van der Waals surface area contributed by atoms with E-state index in [-0.39, 0.29) is 11.1 Å². The summed E-state index contributed by atoms with van der Waals surface area (Å²) in [4.78, 5) is 63.5. The van der Waals surface area contributed by atoms with Crippen LogP contribution in [0.2, 0.25) is 0 Å². The number of nitrogens with one attached hydrogen (secondary N) is 1. The van der Waals surface area contributed by atoms with Crippen molar-refractivity contribution in [3.05, 3.63) is 105 Å². The molecular formula is C23H18N2O8. The summed E-state index contributed by atoms with van der Waals surface area (Å²) in [5, 5.41) is 0. The predicted octanol–water partition coefficient (Wildman–Crippen LogP) is 1.09. The van der Waals surface area contributed by atoms with Crippen molar-refractivity contribution in [1.82, 2.24) is 9.55 Å². The minimum absolute atomic E-state index is 0.204. The van der Waals surface area contributed by atoms with Gasteiger partial charge in [-0.3, -0.25) is 19.1 Å². The zero-order chi connectivity index (χ0) is 23.4. The van der Waals surface area contributed by atoms with Crippen molar-refractivity contribution < 1.29 is 28.6 Å². The second-order valence-electron chi connectivity index (χ2n) is 7.10. The van der Waals surface area contributed by atoms with Crippen LogP contribution in [0.5, 0.6) is 0 Å². The van der Waals surface area contributed by atoms with Gasteiger partial charge in [-0.05, 0) is 24.3 Å². The third-order valence-electron chi connectivity index (χ3n) is 4.90. The number of hydrogen-bond acceptors (Lipinski definition) is 8. The average Bonchev–Trinajstić information content (AvgIpc) is 3.13. The lowest BCUT2D eigenvalue weighted by molar-refractivity contribution is -0.130. The first-order valence-electron chi connectivity index (χ1n) is 9.93. The highest BCUT2D eigenvalue weighted by Gasteiger charge is 2.48. The number of carbonyl (C=O) groups excluding carboxylic acids is 3. The summed E-state index contributed by atoms with van der Waals surface area (Å²) in [6.07, 6.45) is -3.02. The van der Waals surface area contributed by atoms with Crippen LogP contribution in [-0.4, -0.2) is 46.1 Å². The van der Waals surface area contributed by atoms with Gasteiger partial charge in [0.1, 0.15) is 12.7 Å². The normalized spacial score (nSPS) is 19.8. The molecule has 1 aliphatic rings. The lowest BCUT2D eigenvalue weighted by Gasteiger charge is -2.17. The smallest absolute Gasteiger partial charge is 0.338 e. The van der Waals surface area contributed by atoms with Crippen LogP contribution >= 0.6 is 0 Å². The standard InChI is InChI=1S/C23H18N2O8/c26-17-11-12-25(23(30)24-17)20-18(27)19(33-22(29)15-9-5-2-6-10-15)16(32-20)13-31-21(28)14-7-3-1-4-8-14/h1-12,16,19-20H,13H2,(H,24,26,30)/t16-,19-,20-/m1/s1. The SMILES string of the molecule is O=C(OC[C@H]1O[C@@H](n2ccc(=O)[nH]c2=O)C(=O)[C@@H]1OC(=O)c1ccccc1)c1ccccc1. The van der Waals surface area contributed by atoms with Crippen LogP contribution in [0.1, 0.15) is 26.9 Å². The molecule has 1 aromatic heterocycles. The van der Waals surface area contributed by atoms with Crippen LogP contribution in [0.3, 0.4) is 0 Å². The molecule has 0 saturated carbocycles. The molecule has 168 valence electrons. The van der Waals surface area contributed by atoms with Crippen LogP contribution in [0.15, 0.2) is 82.5 Å². The van der Waals surface area contributed by atoms with E-state index in [0.29, 0.717) is 0 Å². The molecule has 3 aromatic rings. The predicted molar refractivity (Wildman–Crippen MR) is 113 cm³/mol. The molecular weight excluding hydrogens is 432 g/mol. The third-order valence-corrected chi connectivity index (χ3v) is 4.90. The Morgan fingerprint density at radius 2 is 1.48 bits per heavy atom. The number of carbonyl (C=O) groups is 3. The van der Waals surface area contributed by atoms with E-state index in [1.807, 2.05) is 4.98 Å². The molecule has 0 amide bonds. The van der Waals surface area contributed by atoms with Gasteiger partial charge in [0.25, 0.3) is 5.56 Å². The molecule has 0 unspecified atom stereocenters. The number of ketones is 1. The Hall–Kier alpha value is -4.31. The number of esters is 2. The molecule has 1 N–H and O–H groups in total. The fraction of sp³-hybridized carbons (Fsp3) is 0.174. The highest BCUT2D eigenvalue weighted by molar-refractivity contribution is 5.95.